The largest absolute Gasteiger partial charge is 0.494 e. The average Bonchev–Trinajstić information content (AvgIpc) is 3.53. The molecule has 0 fully saturated rings. The van der Waals surface area contributed by atoms with Gasteiger partial charge in [0, 0.05) is 0 Å². The lowest BCUT2D eigenvalue weighted by atomic mass is 9.90. The highest BCUT2D eigenvalue weighted by Gasteiger charge is 2.31. The Morgan fingerprint density at radius 1 is 0.939 bits per heavy atom. The molecule has 0 aliphatic rings. The molecule has 0 unspecified atom stereocenters. The standard InChI is InChI=1S/C27H22N2O3S/c1-31-22-15-8-16-23-25(22)28-27(33-23)29(18-21-14-9-17-32-21)26(30)24(19-10-4-2-5-11-19)20-12-6-3-7-13-20/h2-17,24H,18H2,1H3. The number of fused-ring (bicyclic) bond motifs is 1. The summed E-state index contributed by atoms with van der Waals surface area (Å²) < 4.78 is 12.1. The van der Waals surface area contributed by atoms with Crippen LogP contribution in [0.25, 0.3) is 10.2 Å². The number of para-hydroxylation sites is 1. The molecule has 0 saturated carbocycles. The fourth-order valence-corrected chi connectivity index (χ4v) is 4.90. The van der Waals surface area contributed by atoms with Gasteiger partial charge in [-0.2, -0.15) is 0 Å². The summed E-state index contributed by atoms with van der Waals surface area (Å²) >= 11 is 1.47. The summed E-state index contributed by atoms with van der Waals surface area (Å²) in [4.78, 5) is 20.7. The molecule has 0 saturated heterocycles. The van der Waals surface area contributed by atoms with Crippen molar-refractivity contribution in [3.63, 3.8) is 0 Å². The third kappa shape index (κ3) is 4.25. The van der Waals surface area contributed by atoms with Crippen LogP contribution in [0.1, 0.15) is 22.8 Å². The highest BCUT2D eigenvalue weighted by atomic mass is 32.1. The first-order valence-corrected chi connectivity index (χ1v) is 11.4. The third-order valence-electron chi connectivity index (χ3n) is 5.49. The number of nitrogens with zero attached hydrogens (tertiary/aromatic N) is 2. The Bertz CT molecular complexity index is 1310. The number of hydrogen-bond acceptors (Lipinski definition) is 5. The molecule has 0 aliphatic carbocycles. The molecule has 1 amide bonds. The molecular weight excluding hydrogens is 432 g/mol. The van der Waals surface area contributed by atoms with Gasteiger partial charge >= 0.3 is 0 Å². The minimum atomic E-state index is -0.476. The molecule has 5 aromatic rings. The first-order chi connectivity index (χ1) is 16.2. The molecule has 2 aromatic heterocycles. The number of benzene rings is 3. The molecule has 0 bridgehead atoms. The number of rotatable bonds is 7. The third-order valence-corrected chi connectivity index (χ3v) is 6.54. The minimum absolute atomic E-state index is 0.0678. The van der Waals surface area contributed by atoms with Crippen LogP contribution < -0.4 is 9.64 Å². The first kappa shape index (κ1) is 21.0. The molecule has 5 rings (SSSR count). The van der Waals surface area contributed by atoms with E-state index in [1.807, 2.05) is 91.0 Å². The van der Waals surface area contributed by atoms with Crippen molar-refractivity contribution in [3.05, 3.63) is 114 Å². The Balaban J connectivity index is 1.63. The molecule has 164 valence electrons. The molecule has 5 nitrogen and oxygen atoms in total. The van der Waals surface area contributed by atoms with Crippen LogP contribution in [-0.4, -0.2) is 18.0 Å². The van der Waals surface area contributed by atoms with Crippen molar-refractivity contribution < 1.29 is 13.9 Å². The van der Waals surface area contributed by atoms with Crippen LogP contribution in [0.3, 0.4) is 0 Å². The molecule has 2 heterocycles. The van der Waals surface area contributed by atoms with Gasteiger partial charge < -0.3 is 9.15 Å². The highest BCUT2D eigenvalue weighted by Crippen LogP contribution is 2.37. The number of hydrogen-bond donors (Lipinski definition) is 0. The van der Waals surface area contributed by atoms with E-state index < -0.39 is 5.92 Å². The van der Waals surface area contributed by atoms with Gasteiger partial charge in [0.2, 0.25) is 5.91 Å². The van der Waals surface area contributed by atoms with E-state index in [2.05, 4.69) is 0 Å². The number of ether oxygens (including phenoxy) is 1. The van der Waals surface area contributed by atoms with Crippen LogP contribution in [0.5, 0.6) is 5.75 Å². The van der Waals surface area contributed by atoms with Crippen LogP contribution in [0.2, 0.25) is 0 Å². The van der Waals surface area contributed by atoms with E-state index in [-0.39, 0.29) is 12.5 Å². The van der Waals surface area contributed by atoms with Crippen molar-refractivity contribution in [1.29, 1.82) is 0 Å². The SMILES string of the molecule is COc1cccc2sc(N(Cc3ccco3)C(=O)C(c3ccccc3)c3ccccc3)nc12. The quantitative estimate of drug-likeness (QED) is 0.291. The summed E-state index contributed by atoms with van der Waals surface area (Å²) in [5, 5.41) is 0.604. The lowest BCUT2D eigenvalue weighted by Gasteiger charge is -2.25. The van der Waals surface area contributed by atoms with Crippen molar-refractivity contribution in [2.75, 3.05) is 12.0 Å². The van der Waals surface area contributed by atoms with E-state index in [4.69, 9.17) is 14.1 Å². The van der Waals surface area contributed by atoms with Gasteiger partial charge in [0.25, 0.3) is 0 Å². The van der Waals surface area contributed by atoms with Crippen molar-refractivity contribution in [2.45, 2.75) is 12.5 Å². The van der Waals surface area contributed by atoms with Gasteiger partial charge in [-0.25, -0.2) is 4.98 Å². The van der Waals surface area contributed by atoms with Crippen LogP contribution in [0.4, 0.5) is 5.13 Å². The van der Waals surface area contributed by atoms with Gasteiger partial charge in [0.15, 0.2) is 5.13 Å². The normalized spacial score (nSPS) is 11.1. The number of amides is 1. The van der Waals surface area contributed by atoms with Crippen LogP contribution in [0, 0.1) is 0 Å². The van der Waals surface area contributed by atoms with E-state index >= 15 is 0 Å². The van der Waals surface area contributed by atoms with Crippen molar-refractivity contribution in [2.24, 2.45) is 0 Å². The van der Waals surface area contributed by atoms with Gasteiger partial charge in [0.05, 0.1) is 30.5 Å². The predicted molar refractivity (Wildman–Crippen MR) is 131 cm³/mol. The summed E-state index contributed by atoms with van der Waals surface area (Å²) in [5.74, 6) is 0.829. The zero-order chi connectivity index (χ0) is 22.6. The maximum atomic E-state index is 14.2. The first-order valence-electron chi connectivity index (χ1n) is 10.6. The molecule has 0 atom stereocenters. The lowest BCUT2D eigenvalue weighted by molar-refractivity contribution is -0.119. The van der Waals surface area contributed by atoms with Gasteiger partial charge in [-0.1, -0.05) is 78.1 Å². The Morgan fingerprint density at radius 3 is 2.24 bits per heavy atom. The second-order valence-corrected chi connectivity index (χ2v) is 8.57. The summed E-state index contributed by atoms with van der Waals surface area (Å²) in [5.41, 5.74) is 2.60. The molecule has 6 heteroatoms. The van der Waals surface area contributed by atoms with E-state index in [9.17, 15) is 4.79 Å². The number of thiazole rings is 1. The van der Waals surface area contributed by atoms with Crippen LogP contribution in [-0.2, 0) is 11.3 Å². The molecule has 0 radical (unpaired) electrons. The molecule has 0 N–H and O–H groups in total. The second-order valence-electron chi connectivity index (χ2n) is 7.56. The maximum absolute atomic E-state index is 14.2. The van der Waals surface area contributed by atoms with Gasteiger partial charge in [-0.15, -0.1) is 0 Å². The Hall–Kier alpha value is -3.90. The number of carbonyl (C=O) groups is 1. The van der Waals surface area contributed by atoms with Crippen molar-refractivity contribution >= 4 is 32.6 Å². The summed E-state index contributed by atoms with van der Waals surface area (Å²) in [6, 6.07) is 29.2. The fraction of sp³-hybridized carbons (Fsp3) is 0.111. The summed E-state index contributed by atoms with van der Waals surface area (Å²) in [6.07, 6.45) is 1.62. The Kier molecular flexibility index (Phi) is 5.91. The number of furan rings is 1. The maximum Gasteiger partial charge on any atom is 0.241 e. The van der Waals surface area contributed by atoms with Gasteiger partial charge in [-0.05, 0) is 35.4 Å². The number of anilines is 1. The zero-order valence-corrected chi connectivity index (χ0v) is 18.9. The number of methoxy groups -OCH3 is 1. The number of aromatic nitrogens is 1. The topological polar surface area (TPSA) is 55.6 Å². The van der Waals surface area contributed by atoms with E-state index in [0.717, 1.165) is 21.3 Å². The molecule has 0 spiro atoms. The molecule has 3 aromatic carbocycles. The molecule has 33 heavy (non-hydrogen) atoms. The van der Waals surface area contributed by atoms with E-state index in [0.29, 0.717) is 16.6 Å². The average molecular weight is 455 g/mol. The zero-order valence-electron chi connectivity index (χ0n) is 18.0. The van der Waals surface area contributed by atoms with Crippen LogP contribution in [0.15, 0.2) is 102 Å². The Labute approximate surface area is 195 Å². The fourth-order valence-electron chi connectivity index (χ4n) is 3.91. The summed E-state index contributed by atoms with van der Waals surface area (Å²) in [7, 11) is 1.63. The predicted octanol–water partition coefficient (Wildman–Crippen LogP) is 6.26. The van der Waals surface area contributed by atoms with Crippen molar-refractivity contribution in [1.82, 2.24) is 4.98 Å². The van der Waals surface area contributed by atoms with Gasteiger partial charge in [0.1, 0.15) is 17.0 Å². The Morgan fingerprint density at radius 2 is 1.64 bits per heavy atom. The van der Waals surface area contributed by atoms with E-state index in [1.165, 1.54) is 11.3 Å². The monoisotopic (exact) mass is 454 g/mol. The smallest absolute Gasteiger partial charge is 0.241 e. The number of carbonyl (C=O) groups excluding carboxylic acids is 1. The molecular formula is C27H22N2O3S. The van der Waals surface area contributed by atoms with Crippen LogP contribution >= 0.6 is 11.3 Å². The summed E-state index contributed by atoms with van der Waals surface area (Å²) in [6.45, 7) is 0.282. The minimum Gasteiger partial charge on any atom is -0.494 e. The lowest BCUT2D eigenvalue weighted by Crippen LogP contribution is -2.35. The van der Waals surface area contributed by atoms with E-state index in [1.54, 1.807) is 18.3 Å². The highest BCUT2D eigenvalue weighted by molar-refractivity contribution is 7.22. The molecule has 0 aliphatic heterocycles. The second kappa shape index (κ2) is 9.30. The van der Waals surface area contributed by atoms with Gasteiger partial charge in [-0.3, -0.25) is 9.69 Å². The van der Waals surface area contributed by atoms with Crippen molar-refractivity contribution in [3.8, 4) is 5.75 Å².